The molecule has 0 radical (unpaired) electrons. The molecule has 4 heteroatoms. The monoisotopic (exact) mass is 326 g/mol. The third kappa shape index (κ3) is 5.49. The fourth-order valence-electron chi connectivity index (χ4n) is 2.25. The number of hydrogen-bond acceptors (Lipinski definition) is 2. The number of hydrogen-bond donors (Lipinski definition) is 2. The topological polar surface area (TPSA) is 41.1 Å². The molecule has 0 aromatic heterocycles. The van der Waals surface area contributed by atoms with Gasteiger partial charge in [-0.3, -0.25) is 4.79 Å². The number of aryl methyl sites for hydroxylation is 1. The second-order valence-electron chi connectivity index (χ2n) is 5.52. The van der Waals surface area contributed by atoms with Gasteiger partial charge >= 0.3 is 0 Å². The maximum absolute atomic E-state index is 11.4. The quantitative estimate of drug-likeness (QED) is 0.576. The molecule has 120 valence electrons. The highest BCUT2D eigenvalue weighted by atomic mass is 32.1. The van der Waals surface area contributed by atoms with Crippen LogP contribution in [0.3, 0.4) is 0 Å². The molecule has 0 unspecified atom stereocenters. The highest BCUT2D eigenvalue weighted by Crippen LogP contribution is 2.14. The molecule has 0 aliphatic rings. The van der Waals surface area contributed by atoms with Gasteiger partial charge in [0.15, 0.2) is 10.9 Å². The van der Waals surface area contributed by atoms with Crippen LogP contribution in [0.2, 0.25) is 0 Å². The zero-order chi connectivity index (χ0) is 16.7. The first kappa shape index (κ1) is 17.2. The normalized spacial score (nSPS) is 10.2. The highest BCUT2D eigenvalue weighted by molar-refractivity contribution is 7.80. The van der Waals surface area contributed by atoms with Crippen molar-refractivity contribution in [3.8, 4) is 0 Å². The molecule has 0 spiro atoms. The number of ketones is 1. The minimum Gasteiger partial charge on any atom is -0.332 e. The van der Waals surface area contributed by atoms with Crippen molar-refractivity contribution in [2.75, 3.05) is 10.6 Å². The number of rotatable bonds is 6. The number of benzene rings is 2. The molecule has 2 aromatic rings. The molecular formula is C19H22N2OS. The van der Waals surface area contributed by atoms with E-state index < -0.39 is 0 Å². The molecule has 2 N–H and O–H groups in total. The van der Waals surface area contributed by atoms with Crippen molar-refractivity contribution >= 4 is 34.5 Å². The van der Waals surface area contributed by atoms with Crippen LogP contribution < -0.4 is 10.6 Å². The van der Waals surface area contributed by atoms with Gasteiger partial charge in [-0.15, -0.1) is 0 Å². The Bertz CT molecular complexity index is 680. The van der Waals surface area contributed by atoms with Gasteiger partial charge in [-0.25, -0.2) is 0 Å². The molecule has 0 aliphatic carbocycles. The largest absolute Gasteiger partial charge is 0.332 e. The van der Waals surface area contributed by atoms with Gasteiger partial charge < -0.3 is 10.6 Å². The van der Waals surface area contributed by atoms with E-state index in [1.54, 1.807) is 19.1 Å². The number of Topliss-reactive ketones (excluding diaryl/α,β-unsaturated/α-hetero) is 1. The van der Waals surface area contributed by atoms with Crippen molar-refractivity contribution in [2.45, 2.75) is 33.1 Å². The predicted molar refractivity (Wildman–Crippen MR) is 101 cm³/mol. The average molecular weight is 326 g/mol. The Hall–Kier alpha value is -2.20. The van der Waals surface area contributed by atoms with Crippen LogP contribution in [0.25, 0.3) is 0 Å². The van der Waals surface area contributed by atoms with E-state index in [4.69, 9.17) is 12.2 Å². The van der Waals surface area contributed by atoms with Gasteiger partial charge in [0.2, 0.25) is 0 Å². The Morgan fingerprint density at radius 2 is 1.74 bits per heavy atom. The molecule has 23 heavy (non-hydrogen) atoms. The van der Waals surface area contributed by atoms with Crippen LogP contribution in [0.1, 0.15) is 42.6 Å². The molecule has 2 aromatic carbocycles. The molecule has 0 heterocycles. The lowest BCUT2D eigenvalue weighted by Gasteiger charge is -2.11. The fraction of sp³-hybridized carbons (Fsp3) is 0.263. The first-order valence-corrected chi connectivity index (χ1v) is 8.27. The van der Waals surface area contributed by atoms with Gasteiger partial charge in [0, 0.05) is 16.9 Å². The van der Waals surface area contributed by atoms with Crippen LogP contribution in [0.15, 0.2) is 48.5 Å². The standard InChI is InChI=1S/C19H22N2OS/c1-3-4-6-15-9-11-17(12-10-15)20-19(23)21-18-8-5-7-16(13-18)14(2)22/h5,7-13H,3-4,6H2,1-2H3,(H2,20,21,23). The summed E-state index contributed by atoms with van der Waals surface area (Å²) in [6, 6.07) is 15.6. The summed E-state index contributed by atoms with van der Waals surface area (Å²) in [5, 5.41) is 6.77. The summed E-state index contributed by atoms with van der Waals surface area (Å²) in [6.07, 6.45) is 3.52. The van der Waals surface area contributed by atoms with Crippen molar-refractivity contribution in [3.63, 3.8) is 0 Å². The molecule has 3 nitrogen and oxygen atoms in total. The molecule has 2 rings (SSSR count). The lowest BCUT2D eigenvalue weighted by atomic mass is 10.1. The minimum atomic E-state index is 0.0372. The highest BCUT2D eigenvalue weighted by Gasteiger charge is 2.03. The number of thiocarbonyl (C=S) groups is 1. The van der Waals surface area contributed by atoms with Crippen LogP contribution in [0.5, 0.6) is 0 Å². The summed E-state index contributed by atoms with van der Waals surface area (Å²) < 4.78 is 0. The van der Waals surface area contributed by atoms with E-state index in [9.17, 15) is 4.79 Å². The maximum Gasteiger partial charge on any atom is 0.175 e. The molecule has 0 fully saturated rings. The van der Waals surface area contributed by atoms with Crippen molar-refractivity contribution < 1.29 is 4.79 Å². The van der Waals surface area contributed by atoms with Gasteiger partial charge in [-0.1, -0.05) is 37.6 Å². The van der Waals surface area contributed by atoms with E-state index in [2.05, 4.69) is 29.7 Å². The summed E-state index contributed by atoms with van der Waals surface area (Å²) in [6.45, 7) is 3.75. The Kier molecular flexibility index (Phi) is 6.29. The molecular weight excluding hydrogens is 304 g/mol. The molecule has 0 aliphatic heterocycles. The van der Waals surface area contributed by atoms with E-state index in [-0.39, 0.29) is 5.78 Å². The Labute approximate surface area is 143 Å². The lowest BCUT2D eigenvalue weighted by molar-refractivity contribution is 0.101. The first-order valence-electron chi connectivity index (χ1n) is 7.86. The SMILES string of the molecule is CCCCc1ccc(NC(=S)Nc2cccc(C(C)=O)c2)cc1. The van der Waals surface area contributed by atoms with E-state index in [1.165, 1.54) is 18.4 Å². The summed E-state index contributed by atoms with van der Waals surface area (Å²) in [4.78, 5) is 11.4. The second-order valence-corrected chi connectivity index (χ2v) is 5.92. The molecule has 0 bridgehead atoms. The van der Waals surface area contributed by atoms with Crippen LogP contribution in [0, 0.1) is 0 Å². The summed E-state index contributed by atoms with van der Waals surface area (Å²) in [5.74, 6) is 0.0372. The van der Waals surface area contributed by atoms with Crippen molar-refractivity contribution in [2.24, 2.45) is 0 Å². The van der Waals surface area contributed by atoms with Gasteiger partial charge in [0.05, 0.1) is 0 Å². The average Bonchev–Trinajstić information content (AvgIpc) is 2.54. The van der Waals surface area contributed by atoms with Gasteiger partial charge in [-0.2, -0.15) is 0 Å². The third-order valence-corrected chi connectivity index (χ3v) is 3.76. The summed E-state index contributed by atoms with van der Waals surface area (Å²) in [5.41, 5.74) is 3.75. The van der Waals surface area contributed by atoms with E-state index in [1.807, 2.05) is 24.3 Å². The van der Waals surface area contributed by atoms with Crippen molar-refractivity contribution in [1.82, 2.24) is 0 Å². The Morgan fingerprint density at radius 1 is 1.04 bits per heavy atom. The predicted octanol–water partition coefficient (Wildman–Crippen LogP) is 5.04. The number of anilines is 2. The second kappa shape index (κ2) is 8.44. The Morgan fingerprint density at radius 3 is 2.39 bits per heavy atom. The third-order valence-electron chi connectivity index (χ3n) is 3.56. The lowest BCUT2D eigenvalue weighted by Crippen LogP contribution is -2.19. The van der Waals surface area contributed by atoms with Gasteiger partial charge in [0.1, 0.15) is 0 Å². The molecule has 0 atom stereocenters. The number of carbonyl (C=O) groups is 1. The van der Waals surface area contributed by atoms with E-state index >= 15 is 0 Å². The van der Waals surface area contributed by atoms with Gasteiger partial charge in [-0.05, 0) is 61.8 Å². The number of carbonyl (C=O) groups excluding carboxylic acids is 1. The Balaban J connectivity index is 1.94. The zero-order valence-electron chi connectivity index (χ0n) is 13.6. The van der Waals surface area contributed by atoms with Crippen LogP contribution in [0.4, 0.5) is 11.4 Å². The summed E-state index contributed by atoms with van der Waals surface area (Å²) >= 11 is 5.32. The van der Waals surface area contributed by atoms with E-state index in [0.29, 0.717) is 10.7 Å². The first-order chi connectivity index (χ1) is 11.1. The van der Waals surface area contributed by atoms with Gasteiger partial charge in [0.25, 0.3) is 0 Å². The van der Waals surface area contributed by atoms with Crippen LogP contribution in [-0.2, 0) is 6.42 Å². The zero-order valence-corrected chi connectivity index (χ0v) is 14.4. The van der Waals surface area contributed by atoms with Crippen molar-refractivity contribution in [3.05, 3.63) is 59.7 Å². The van der Waals surface area contributed by atoms with Crippen LogP contribution >= 0.6 is 12.2 Å². The van der Waals surface area contributed by atoms with Crippen LogP contribution in [-0.4, -0.2) is 10.9 Å². The van der Waals surface area contributed by atoms with E-state index in [0.717, 1.165) is 17.8 Å². The molecule has 0 saturated heterocycles. The maximum atomic E-state index is 11.4. The smallest absolute Gasteiger partial charge is 0.175 e. The summed E-state index contributed by atoms with van der Waals surface area (Å²) in [7, 11) is 0. The number of unbranched alkanes of at least 4 members (excludes halogenated alkanes) is 1. The minimum absolute atomic E-state index is 0.0372. The van der Waals surface area contributed by atoms with Crippen molar-refractivity contribution in [1.29, 1.82) is 0 Å². The number of nitrogens with one attached hydrogen (secondary N) is 2. The fourth-order valence-corrected chi connectivity index (χ4v) is 2.48. The molecule has 0 saturated carbocycles. The molecule has 0 amide bonds.